The Labute approximate surface area is 227 Å². The van der Waals surface area contributed by atoms with Crippen molar-refractivity contribution in [3.05, 3.63) is 35.9 Å². The molecule has 0 aromatic heterocycles. The van der Waals surface area contributed by atoms with E-state index in [0.717, 1.165) is 35.5 Å². The molecule has 6 aliphatic rings. The molecule has 12 unspecified atom stereocenters. The van der Waals surface area contributed by atoms with Crippen molar-refractivity contribution in [1.29, 1.82) is 0 Å². The number of hydrogen-bond acceptors (Lipinski definition) is 1. The first-order chi connectivity index (χ1) is 17.4. The van der Waals surface area contributed by atoms with Gasteiger partial charge in [0.25, 0.3) is 0 Å². The van der Waals surface area contributed by atoms with Gasteiger partial charge in [0, 0.05) is 5.41 Å². The second-order valence-electron chi connectivity index (χ2n) is 16.9. The van der Waals surface area contributed by atoms with E-state index in [1.165, 1.54) is 63.4 Å². The van der Waals surface area contributed by atoms with Crippen molar-refractivity contribution >= 4 is 0 Å². The van der Waals surface area contributed by atoms with E-state index in [0.29, 0.717) is 27.8 Å². The van der Waals surface area contributed by atoms with Crippen LogP contribution in [0.5, 0.6) is 0 Å². The molecule has 5 saturated carbocycles. The minimum Gasteiger partial charge on any atom is -0.360 e. The molecule has 0 bridgehead atoms. The van der Waals surface area contributed by atoms with Crippen LogP contribution in [0.2, 0.25) is 0 Å². The quantitative estimate of drug-likeness (QED) is 0.348. The van der Waals surface area contributed by atoms with E-state index < -0.39 is 0 Å². The second kappa shape index (κ2) is 7.47. The monoisotopic (exact) mass is 502 g/mol. The molecule has 1 aromatic rings. The van der Waals surface area contributed by atoms with Gasteiger partial charge in [-0.3, -0.25) is 0 Å². The fourth-order valence-electron chi connectivity index (χ4n) is 13.4. The van der Waals surface area contributed by atoms with Gasteiger partial charge in [0.05, 0.1) is 6.10 Å². The van der Waals surface area contributed by atoms with E-state index in [2.05, 4.69) is 85.7 Å². The van der Waals surface area contributed by atoms with Crippen molar-refractivity contribution in [2.45, 2.75) is 125 Å². The second-order valence-corrected chi connectivity index (χ2v) is 16.9. The van der Waals surface area contributed by atoms with Gasteiger partial charge in [-0.2, -0.15) is 0 Å². The molecule has 7 rings (SSSR count). The zero-order chi connectivity index (χ0) is 26.2. The van der Waals surface area contributed by atoms with Crippen molar-refractivity contribution in [3.8, 4) is 0 Å². The van der Waals surface area contributed by atoms with Crippen molar-refractivity contribution in [2.75, 3.05) is 0 Å². The number of ether oxygens (including phenoxy) is 1. The zero-order valence-corrected chi connectivity index (χ0v) is 25.2. The summed E-state index contributed by atoms with van der Waals surface area (Å²) < 4.78 is 6.88. The lowest BCUT2D eigenvalue weighted by molar-refractivity contribution is -0.248. The fourth-order valence-corrected chi connectivity index (χ4v) is 13.4. The molecule has 1 heteroatoms. The third-order valence-corrected chi connectivity index (χ3v) is 15.7. The molecular formula is C36H54O. The molecule has 204 valence electrons. The van der Waals surface area contributed by atoms with Crippen LogP contribution in [0.15, 0.2) is 30.3 Å². The third-order valence-electron chi connectivity index (χ3n) is 15.7. The molecule has 1 saturated heterocycles. The Morgan fingerprint density at radius 3 is 2.19 bits per heavy atom. The van der Waals surface area contributed by atoms with Crippen molar-refractivity contribution in [2.24, 2.45) is 62.6 Å². The Bertz CT molecular complexity index is 1080. The molecule has 0 amide bonds. The smallest absolute Gasteiger partial charge is 0.125 e. The van der Waals surface area contributed by atoms with Crippen LogP contribution < -0.4 is 0 Å². The summed E-state index contributed by atoms with van der Waals surface area (Å²) >= 11 is 0. The molecule has 1 aliphatic heterocycles. The SMILES string of the molecule is CC1CCC2(C)CCC3(C)C(CCC4C5(C)CC6OC6(c6ccccc6)C(C)(C)C5CCC43C)C2C1C. The van der Waals surface area contributed by atoms with Crippen LogP contribution >= 0.6 is 0 Å². The van der Waals surface area contributed by atoms with Crippen LogP contribution in [0, 0.1) is 62.6 Å². The lowest BCUT2D eigenvalue weighted by atomic mass is 9.31. The highest BCUT2D eigenvalue weighted by atomic mass is 16.6. The van der Waals surface area contributed by atoms with E-state index in [1.54, 1.807) is 0 Å². The first kappa shape index (κ1) is 25.2. The molecule has 1 heterocycles. The lowest BCUT2D eigenvalue weighted by Gasteiger charge is -2.73. The zero-order valence-electron chi connectivity index (χ0n) is 25.2. The number of rotatable bonds is 1. The minimum absolute atomic E-state index is 0.0619. The summed E-state index contributed by atoms with van der Waals surface area (Å²) in [4.78, 5) is 0. The largest absolute Gasteiger partial charge is 0.360 e. The third kappa shape index (κ3) is 2.82. The van der Waals surface area contributed by atoms with Crippen LogP contribution in [0.25, 0.3) is 0 Å². The average molecular weight is 503 g/mol. The molecular weight excluding hydrogens is 448 g/mol. The van der Waals surface area contributed by atoms with Crippen LogP contribution in [-0.2, 0) is 10.3 Å². The van der Waals surface area contributed by atoms with Gasteiger partial charge < -0.3 is 4.74 Å². The van der Waals surface area contributed by atoms with Crippen molar-refractivity contribution < 1.29 is 4.74 Å². The van der Waals surface area contributed by atoms with Gasteiger partial charge in [-0.1, -0.05) is 85.7 Å². The predicted molar refractivity (Wildman–Crippen MR) is 153 cm³/mol. The highest BCUT2D eigenvalue weighted by Crippen LogP contribution is 2.80. The summed E-state index contributed by atoms with van der Waals surface area (Å²) in [6, 6.07) is 11.3. The highest BCUT2D eigenvalue weighted by molar-refractivity contribution is 5.37. The standard InChI is InChI=1S/C36H54O/c1-23-16-18-32(5)20-21-34(7)26(30(32)24(23)2)14-15-28-33(6)22-29-36(37-29,25-12-10-9-11-13-25)31(3,4)27(33)17-19-35(28,34)8/h9-13,23-24,26-30H,14-22H2,1-8H3. The van der Waals surface area contributed by atoms with Gasteiger partial charge in [0.1, 0.15) is 5.60 Å². The molecule has 0 N–H and O–H groups in total. The minimum atomic E-state index is -0.0619. The van der Waals surface area contributed by atoms with E-state index >= 15 is 0 Å². The van der Waals surface area contributed by atoms with Crippen LogP contribution in [0.4, 0.5) is 0 Å². The predicted octanol–water partition coefficient (Wildman–Crippen LogP) is 9.65. The molecule has 6 fully saturated rings. The van der Waals surface area contributed by atoms with Gasteiger partial charge in [0.2, 0.25) is 0 Å². The molecule has 1 nitrogen and oxygen atoms in total. The fraction of sp³-hybridized carbons (Fsp3) is 0.833. The van der Waals surface area contributed by atoms with Crippen molar-refractivity contribution in [3.63, 3.8) is 0 Å². The highest BCUT2D eigenvalue weighted by Gasteiger charge is 2.78. The van der Waals surface area contributed by atoms with E-state index in [4.69, 9.17) is 4.74 Å². The maximum absolute atomic E-state index is 6.88. The first-order valence-corrected chi connectivity index (χ1v) is 16.1. The maximum atomic E-state index is 6.88. The summed E-state index contributed by atoms with van der Waals surface area (Å²) in [5.41, 5.74) is 3.46. The van der Waals surface area contributed by atoms with Crippen LogP contribution in [0.1, 0.15) is 119 Å². The van der Waals surface area contributed by atoms with Gasteiger partial charge in [-0.15, -0.1) is 0 Å². The molecule has 37 heavy (non-hydrogen) atoms. The van der Waals surface area contributed by atoms with Gasteiger partial charge in [-0.25, -0.2) is 0 Å². The lowest BCUT2D eigenvalue weighted by Crippen LogP contribution is -2.67. The number of epoxide rings is 1. The number of hydrogen-bond donors (Lipinski definition) is 0. The van der Waals surface area contributed by atoms with Gasteiger partial charge >= 0.3 is 0 Å². The topological polar surface area (TPSA) is 12.5 Å². The Morgan fingerprint density at radius 1 is 0.730 bits per heavy atom. The van der Waals surface area contributed by atoms with Crippen LogP contribution in [-0.4, -0.2) is 6.10 Å². The van der Waals surface area contributed by atoms with Gasteiger partial charge in [0.15, 0.2) is 0 Å². The molecule has 12 atom stereocenters. The molecule has 0 spiro atoms. The Morgan fingerprint density at radius 2 is 1.46 bits per heavy atom. The Kier molecular flexibility index (Phi) is 5.08. The normalized spacial score (nSPS) is 57.7. The summed E-state index contributed by atoms with van der Waals surface area (Å²) in [6.07, 6.45) is 13.3. The number of benzene rings is 1. The summed E-state index contributed by atoms with van der Waals surface area (Å²) in [5, 5.41) is 0. The summed E-state index contributed by atoms with van der Waals surface area (Å²) in [7, 11) is 0. The van der Waals surface area contributed by atoms with Gasteiger partial charge in [-0.05, 0) is 121 Å². The molecule has 0 radical (unpaired) electrons. The molecule has 1 aromatic carbocycles. The number of fused-ring (bicyclic) bond motifs is 8. The summed E-state index contributed by atoms with van der Waals surface area (Å²) in [5.74, 6) is 5.20. The first-order valence-electron chi connectivity index (χ1n) is 16.1. The van der Waals surface area contributed by atoms with Crippen LogP contribution in [0.3, 0.4) is 0 Å². The van der Waals surface area contributed by atoms with E-state index in [-0.39, 0.29) is 11.0 Å². The summed E-state index contributed by atoms with van der Waals surface area (Å²) in [6.45, 7) is 21.4. The molecule has 5 aliphatic carbocycles. The average Bonchev–Trinajstić information content (AvgIpc) is 3.59. The van der Waals surface area contributed by atoms with E-state index in [9.17, 15) is 0 Å². The Balaban J connectivity index is 1.26. The van der Waals surface area contributed by atoms with Crippen molar-refractivity contribution in [1.82, 2.24) is 0 Å². The Hall–Kier alpha value is -0.820. The van der Waals surface area contributed by atoms with E-state index in [1.807, 2.05) is 0 Å². The maximum Gasteiger partial charge on any atom is 0.125 e.